The Morgan fingerprint density at radius 3 is 2.79 bits per heavy atom. The molecule has 0 saturated heterocycles. The molecule has 142 valence electrons. The third-order valence-corrected chi connectivity index (χ3v) is 5.44. The number of carbonyl (C=O) groups excluding carboxylic acids is 1. The van der Waals surface area contributed by atoms with Crippen LogP contribution in [0.4, 0.5) is 5.13 Å². The molecule has 7 nitrogen and oxygen atoms in total. The Bertz CT molecular complexity index is 1110. The number of hydrogen-bond acceptors (Lipinski definition) is 7. The zero-order valence-corrected chi connectivity index (χ0v) is 16.5. The van der Waals surface area contributed by atoms with E-state index in [1.807, 2.05) is 49.5 Å². The summed E-state index contributed by atoms with van der Waals surface area (Å²) in [6, 6.07) is 15.1. The van der Waals surface area contributed by atoms with Gasteiger partial charge in [0, 0.05) is 12.6 Å². The van der Waals surface area contributed by atoms with E-state index in [1.165, 1.54) is 11.3 Å². The van der Waals surface area contributed by atoms with Crippen LogP contribution in [0.1, 0.15) is 5.89 Å². The van der Waals surface area contributed by atoms with E-state index in [9.17, 15) is 4.79 Å². The monoisotopic (exact) mass is 413 g/mol. The first-order chi connectivity index (χ1) is 13.6. The second-order valence-corrected chi connectivity index (χ2v) is 7.51. The number of hydrogen-bond donors (Lipinski definition) is 1. The highest BCUT2D eigenvalue weighted by atomic mass is 35.5. The van der Waals surface area contributed by atoms with Crippen molar-refractivity contribution in [3.8, 4) is 11.4 Å². The van der Waals surface area contributed by atoms with Crippen molar-refractivity contribution in [1.82, 2.24) is 20.4 Å². The van der Waals surface area contributed by atoms with Crippen LogP contribution in [-0.2, 0) is 11.3 Å². The molecule has 0 bridgehead atoms. The van der Waals surface area contributed by atoms with E-state index in [4.69, 9.17) is 16.1 Å². The lowest BCUT2D eigenvalue weighted by atomic mass is 10.2. The minimum Gasteiger partial charge on any atom is -0.345 e. The quantitative estimate of drug-likeness (QED) is 0.518. The molecule has 2 aromatic carbocycles. The van der Waals surface area contributed by atoms with E-state index in [1.54, 1.807) is 11.0 Å². The van der Waals surface area contributed by atoms with Crippen LogP contribution in [0.15, 0.2) is 53.1 Å². The molecule has 0 radical (unpaired) electrons. The van der Waals surface area contributed by atoms with Crippen molar-refractivity contribution in [3.05, 3.63) is 59.4 Å². The van der Waals surface area contributed by atoms with Crippen molar-refractivity contribution in [2.75, 3.05) is 18.5 Å². The topological polar surface area (TPSA) is 84.2 Å². The number of halogens is 1. The molecule has 0 spiro atoms. The summed E-state index contributed by atoms with van der Waals surface area (Å²) in [6.45, 7) is 0.315. The minimum absolute atomic E-state index is 0.150. The Balaban J connectivity index is 1.35. The first kappa shape index (κ1) is 18.4. The number of fused-ring (bicyclic) bond motifs is 1. The van der Waals surface area contributed by atoms with Gasteiger partial charge in [-0.25, -0.2) is 4.98 Å². The first-order valence-electron chi connectivity index (χ1n) is 8.51. The Morgan fingerprint density at radius 1 is 1.18 bits per heavy atom. The maximum absolute atomic E-state index is 12.3. The van der Waals surface area contributed by atoms with Gasteiger partial charge >= 0.3 is 0 Å². The van der Waals surface area contributed by atoms with Gasteiger partial charge in [0.2, 0.25) is 17.6 Å². The van der Waals surface area contributed by atoms with Gasteiger partial charge in [-0.2, -0.15) is 4.98 Å². The van der Waals surface area contributed by atoms with Gasteiger partial charge in [0.25, 0.3) is 0 Å². The lowest BCUT2D eigenvalue weighted by Gasteiger charge is -2.14. The van der Waals surface area contributed by atoms with Crippen LogP contribution in [0, 0.1) is 0 Å². The van der Waals surface area contributed by atoms with E-state index < -0.39 is 0 Å². The van der Waals surface area contributed by atoms with Gasteiger partial charge in [0.05, 0.1) is 22.8 Å². The molecule has 4 aromatic rings. The molecule has 2 heterocycles. The molecule has 4 rings (SSSR count). The smallest absolute Gasteiger partial charge is 0.246 e. The molecule has 9 heteroatoms. The van der Waals surface area contributed by atoms with Crippen LogP contribution in [-0.4, -0.2) is 34.6 Å². The Kier molecular flexibility index (Phi) is 5.23. The summed E-state index contributed by atoms with van der Waals surface area (Å²) in [4.78, 5) is 22.9. The molecule has 2 aromatic heterocycles. The second kappa shape index (κ2) is 7.95. The average Bonchev–Trinajstić information content (AvgIpc) is 3.35. The SMILES string of the molecule is CN(CC(=O)NCc1nc(-c2ccccc2)no1)c1nc2c(Cl)cccc2s1. The highest BCUT2D eigenvalue weighted by molar-refractivity contribution is 7.22. The molecule has 0 aliphatic heterocycles. The van der Waals surface area contributed by atoms with Crippen molar-refractivity contribution < 1.29 is 9.32 Å². The molecule has 0 aliphatic carbocycles. The number of aromatic nitrogens is 3. The summed E-state index contributed by atoms with van der Waals surface area (Å²) >= 11 is 7.65. The van der Waals surface area contributed by atoms with Crippen molar-refractivity contribution in [2.24, 2.45) is 0 Å². The van der Waals surface area contributed by atoms with Gasteiger partial charge in [0.15, 0.2) is 5.13 Å². The first-order valence-corrected chi connectivity index (χ1v) is 9.70. The second-order valence-electron chi connectivity index (χ2n) is 6.09. The lowest BCUT2D eigenvalue weighted by molar-refractivity contribution is -0.120. The third kappa shape index (κ3) is 3.97. The van der Waals surface area contributed by atoms with Gasteiger partial charge in [-0.3, -0.25) is 4.79 Å². The summed E-state index contributed by atoms with van der Waals surface area (Å²) in [6.07, 6.45) is 0. The van der Waals surface area contributed by atoms with Gasteiger partial charge < -0.3 is 14.7 Å². The normalized spacial score (nSPS) is 10.9. The summed E-state index contributed by atoms with van der Waals surface area (Å²) in [5, 5.41) is 8.05. The number of thiazole rings is 1. The van der Waals surface area contributed by atoms with Crippen LogP contribution in [0.25, 0.3) is 21.6 Å². The summed E-state index contributed by atoms with van der Waals surface area (Å²) < 4.78 is 6.18. The highest BCUT2D eigenvalue weighted by Gasteiger charge is 2.14. The number of rotatable bonds is 6. The molecule has 1 amide bonds. The van der Waals surface area contributed by atoms with Crippen molar-refractivity contribution in [2.45, 2.75) is 6.54 Å². The Morgan fingerprint density at radius 2 is 2.00 bits per heavy atom. The highest BCUT2D eigenvalue weighted by Crippen LogP contribution is 2.32. The molecule has 0 atom stereocenters. The molecular formula is C19H16ClN5O2S. The van der Waals surface area contributed by atoms with E-state index >= 15 is 0 Å². The number of anilines is 1. The maximum atomic E-state index is 12.3. The molecular weight excluding hydrogens is 398 g/mol. The Hall–Kier alpha value is -2.97. The number of likely N-dealkylation sites (N-methyl/N-ethyl adjacent to an activating group) is 1. The number of amides is 1. The fraction of sp³-hybridized carbons (Fsp3) is 0.158. The van der Waals surface area contributed by atoms with Crippen molar-refractivity contribution in [1.29, 1.82) is 0 Å². The van der Waals surface area contributed by atoms with Gasteiger partial charge in [-0.05, 0) is 12.1 Å². The molecule has 0 saturated carbocycles. The standard InChI is InChI=1S/C19H16ClN5O2S/c1-25(19-23-17-13(20)8-5-9-14(17)28-19)11-15(26)21-10-16-22-18(24-27-16)12-6-3-2-4-7-12/h2-9H,10-11H2,1H3,(H,21,26). The van der Waals surface area contributed by atoms with E-state index in [0.717, 1.165) is 20.9 Å². The third-order valence-electron chi connectivity index (χ3n) is 4.00. The summed E-state index contributed by atoms with van der Waals surface area (Å²) in [7, 11) is 1.81. The molecule has 0 unspecified atom stereocenters. The minimum atomic E-state index is -0.174. The Labute approximate surface area is 170 Å². The van der Waals surface area contributed by atoms with E-state index in [0.29, 0.717) is 16.7 Å². The van der Waals surface area contributed by atoms with E-state index in [2.05, 4.69) is 20.4 Å². The molecule has 0 fully saturated rings. The van der Waals surface area contributed by atoms with Gasteiger partial charge in [0.1, 0.15) is 5.52 Å². The molecule has 0 aliphatic rings. The predicted octanol–water partition coefficient (Wildman–Crippen LogP) is 3.75. The van der Waals surface area contributed by atoms with Crippen molar-refractivity contribution in [3.63, 3.8) is 0 Å². The number of nitrogens with one attached hydrogen (secondary N) is 1. The van der Waals surface area contributed by atoms with Crippen LogP contribution in [0.3, 0.4) is 0 Å². The maximum Gasteiger partial charge on any atom is 0.246 e. The zero-order valence-electron chi connectivity index (χ0n) is 14.9. The average molecular weight is 414 g/mol. The van der Waals surface area contributed by atoms with Crippen LogP contribution in [0.5, 0.6) is 0 Å². The molecule has 28 heavy (non-hydrogen) atoms. The van der Waals surface area contributed by atoms with Crippen LogP contribution < -0.4 is 10.2 Å². The number of benzene rings is 2. The predicted molar refractivity (Wildman–Crippen MR) is 109 cm³/mol. The van der Waals surface area contributed by atoms with Gasteiger partial charge in [-0.1, -0.05) is 64.5 Å². The van der Waals surface area contributed by atoms with Crippen molar-refractivity contribution >= 4 is 44.2 Å². The van der Waals surface area contributed by atoms with E-state index in [-0.39, 0.29) is 19.0 Å². The van der Waals surface area contributed by atoms with Gasteiger partial charge in [-0.15, -0.1) is 0 Å². The van der Waals surface area contributed by atoms with Crippen LogP contribution >= 0.6 is 22.9 Å². The number of para-hydroxylation sites is 1. The fourth-order valence-electron chi connectivity index (χ4n) is 2.61. The summed E-state index contributed by atoms with van der Waals surface area (Å²) in [5.41, 5.74) is 1.61. The zero-order chi connectivity index (χ0) is 19.5. The number of carbonyl (C=O) groups is 1. The fourth-order valence-corrected chi connectivity index (χ4v) is 3.84. The largest absolute Gasteiger partial charge is 0.345 e. The summed E-state index contributed by atoms with van der Waals surface area (Å²) in [5.74, 6) is 0.669. The lowest BCUT2D eigenvalue weighted by Crippen LogP contribution is -2.34. The number of nitrogens with zero attached hydrogens (tertiary/aromatic N) is 4. The molecule has 1 N–H and O–H groups in total. The van der Waals surface area contributed by atoms with Crippen LogP contribution in [0.2, 0.25) is 5.02 Å².